The second kappa shape index (κ2) is 7.02. The summed E-state index contributed by atoms with van der Waals surface area (Å²) in [6.45, 7) is 0. The smallest absolute Gasteiger partial charge is 0.173 e. The third kappa shape index (κ3) is 3.51. The van der Waals surface area contributed by atoms with Gasteiger partial charge in [0, 0.05) is 17.5 Å². The van der Waals surface area contributed by atoms with Gasteiger partial charge in [0.05, 0.1) is 12.3 Å². The van der Waals surface area contributed by atoms with Crippen LogP contribution in [0.3, 0.4) is 0 Å². The van der Waals surface area contributed by atoms with E-state index < -0.39 is 35.4 Å². The Morgan fingerprint density at radius 2 is 1.79 bits per heavy atom. The van der Waals surface area contributed by atoms with Crippen LogP contribution in [-0.2, 0) is 0 Å². The summed E-state index contributed by atoms with van der Waals surface area (Å²) in [5.41, 5.74) is 0.173. The Hall–Kier alpha value is -1.74. The molecule has 0 radical (unpaired) electrons. The average molecular weight is 355 g/mol. The highest BCUT2D eigenvalue weighted by atomic mass is 32.2. The summed E-state index contributed by atoms with van der Waals surface area (Å²) in [7, 11) is 0. The summed E-state index contributed by atoms with van der Waals surface area (Å²) >= 11 is 1.16. The highest BCUT2D eigenvalue weighted by Gasteiger charge is 2.38. The second-order valence-corrected chi connectivity index (χ2v) is 6.54. The Labute approximate surface area is 140 Å². The molecule has 1 aliphatic heterocycles. The molecule has 0 unspecified atom stereocenters. The summed E-state index contributed by atoms with van der Waals surface area (Å²) in [4.78, 5) is 3.99. The first kappa shape index (κ1) is 17.1. The minimum Gasteiger partial charge on any atom is -0.475 e. The van der Waals surface area contributed by atoms with Gasteiger partial charge in [-0.15, -0.1) is 11.8 Å². The highest BCUT2D eigenvalue weighted by Crippen LogP contribution is 2.30. The number of hydrogen-bond donors (Lipinski definition) is 3. The fourth-order valence-corrected chi connectivity index (χ4v) is 3.46. The monoisotopic (exact) mass is 355 g/mol. The maximum absolute atomic E-state index is 13.4. The Morgan fingerprint density at radius 1 is 1.00 bits per heavy atom. The quantitative estimate of drug-likeness (QED) is 0.775. The molecule has 0 spiro atoms. The molecule has 3 N–H and O–H groups in total. The van der Waals surface area contributed by atoms with Gasteiger partial charge in [0.1, 0.15) is 18.0 Å². The third-order valence-corrected chi connectivity index (χ3v) is 4.91. The average Bonchev–Trinajstić information content (AvgIpc) is 2.58. The van der Waals surface area contributed by atoms with Crippen LogP contribution < -0.4 is 4.74 Å². The maximum atomic E-state index is 13.4. The van der Waals surface area contributed by atoms with Crippen molar-refractivity contribution in [3.8, 4) is 16.9 Å². The van der Waals surface area contributed by atoms with Crippen molar-refractivity contribution in [2.24, 2.45) is 0 Å². The number of aromatic nitrogens is 1. The number of nitrogens with zero attached hydrogens (tertiary/aromatic N) is 1. The van der Waals surface area contributed by atoms with E-state index in [1.54, 1.807) is 6.07 Å². The third-order valence-electron chi connectivity index (χ3n) is 3.67. The van der Waals surface area contributed by atoms with Gasteiger partial charge in [-0.25, -0.2) is 8.78 Å². The van der Waals surface area contributed by atoms with Crippen LogP contribution in [0.5, 0.6) is 5.75 Å². The molecule has 1 fully saturated rings. The number of aliphatic hydroxyl groups is 3. The van der Waals surface area contributed by atoms with Crippen molar-refractivity contribution in [2.45, 2.75) is 23.7 Å². The van der Waals surface area contributed by atoms with Gasteiger partial charge < -0.3 is 20.1 Å². The number of rotatable bonds is 3. The molecule has 0 saturated carbocycles. The van der Waals surface area contributed by atoms with E-state index in [4.69, 9.17) is 4.74 Å². The summed E-state index contributed by atoms with van der Waals surface area (Å²) in [6, 6.07) is 5.07. The molecule has 8 heteroatoms. The largest absolute Gasteiger partial charge is 0.475 e. The van der Waals surface area contributed by atoms with E-state index in [1.165, 1.54) is 18.5 Å². The molecule has 2 heterocycles. The van der Waals surface area contributed by atoms with Crippen molar-refractivity contribution >= 4 is 11.8 Å². The molecule has 128 valence electrons. The van der Waals surface area contributed by atoms with Gasteiger partial charge in [0.25, 0.3) is 0 Å². The molecule has 5 nitrogen and oxygen atoms in total. The van der Waals surface area contributed by atoms with Crippen LogP contribution in [0.25, 0.3) is 11.1 Å². The van der Waals surface area contributed by atoms with Gasteiger partial charge in [-0.2, -0.15) is 0 Å². The first-order valence-corrected chi connectivity index (χ1v) is 8.23. The normalized spacial score (nSPS) is 27.0. The van der Waals surface area contributed by atoms with Gasteiger partial charge in [0.15, 0.2) is 17.1 Å². The number of hydrogen-bond acceptors (Lipinski definition) is 6. The zero-order valence-electron chi connectivity index (χ0n) is 12.3. The van der Waals surface area contributed by atoms with E-state index in [-0.39, 0.29) is 5.75 Å². The summed E-state index contributed by atoms with van der Waals surface area (Å²) in [6.07, 6.45) is -0.683. The van der Waals surface area contributed by atoms with Crippen LogP contribution in [0.4, 0.5) is 8.78 Å². The fraction of sp³-hybridized carbons (Fsp3) is 0.312. The zero-order chi connectivity index (χ0) is 17.3. The number of benzene rings is 1. The SMILES string of the molecule is O[C@@H]1[C@@H](O)[C@@H](Oc2cncc(-c3ccc(F)c(F)c3)c2)SC[C@H]1O. The Bertz CT molecular complexity index is 733. The maximum Gasteiger partial charge on any atom is 0.173 e. The number of pyridine rings is 1. The molecule has 24 heavy (non-hydrogen) atoms. The molecule has 1 aromatic heterocycles. The van der Waals surface area contributed by atoms with Gasteiger partial charge in [0.2, 0.25) is 0 Å². The van der Waals surface area contributed by atoms with Crippen molar-refractivity contribution in [3.63, 3.8) is 0 Å². The zero-order valence-corrected chi connectivity index (χ0v) is 13.2. The van der Waals surface area contributed by atoms with Gasteiger partial charge in [-0.05, 0) is 23.8 Å². The van der Waals surface area contributed by atoms with Gasteiger partial charge >= 0.3 is 0 Å². The fourth-order valence-electron chi connectivity index (χ4n) is 2.33. The van der Waals surface area contributed by atoms with Crippen LogP contribution in [0.15, 0.2) is 36.7 Å². The number of halogens is 2. The first-order valence-electron chi connectivity index (χ1n) is 7.18. The highest BCUT2D eigenvalue weighted by molar-refractivity contribution is 7.99. The Kier molecular flexibility index (Phi) is 5.00. The number of thioether (sulfide) groups is 1. The Balaban J connectivity index is 1.79. The van der Waals surface area contributed by atoms with Crippen LogP contribution in [0.1, 0.15) is 0 Å². The Morgan fingerprint density at radius 3 is 2.54 bits per heavy atom. The molecular formula is C16H15F2NO4S. The minimum absolute atomic E-state index is 0.221. The first-order chi connectivity index (χ1) is 11.5. The van der Waals surface area contributed by atoms with E-state index in [2.05, 4.69) is 4.98 Å². The number of aliphatic hydroxyl groups excluding tert-OH is 3. The number of ether oxygens (including phenoxy) is 1. The van der Waals surface area contributed by atoms with E-state index in [0.29, 0.717) is 16.9 Å². The van der Waals surface area contributed by atoms with Crippen molar-refractivity contribution in [3.05, 3.63) is 48.3 Å². The van der Waals surface area contributed by atoms with E-state index in [9.17, 15) is 24.1 Å². The molecule has 2 aromatic rings. The lowest BCUT2D eigenvalue weighted by atomic mass is 10.1. The van der Waals surface area contributed by atoms with Crippen molar-refractivity contribution in [1.29, 1.82) is 0 Å². The van der Waals surface area contributed by atoms with Crippen LogP contribution in [0, 0.1) is 11.6 Å². The van der Waals surface area contributed by atoms with Crippen LogP contribution in [-0.4, -0.2) is 49.8 Å². The van der Waals surface area contributed by atoms with Crippen molar-refractivity contribution in [2.75, 3.05) is 5.75 Å². The summed E-state index contributed by atoms with van der Waals surface area (Å²) in [5.74, 6) is -1.38. The van der Waals surface area contributed by atoms with Crippen molar-refractivity contribution < 1.29 is 28.8 Å². The molecule has 1 saturated heterocycles. The van der Waals surface area contributed by atoms with Crippen LogP contribution >= 0.6 is 11.8 Å². The van der Waals surface area contributed by atoms with E-state index in [0.717, 1.165) is 23.9 Å². The molecule has 4 atom stereocenters. The van der Waals surface area contributed by atoms with E-state index >= 15 is 0 Å². The van der Waals surface area contributed by atoms with Gasteiger partial charge in [-0.3, -0.25) is 4.98 Å². The standard InChI is InChI=1S/C16H15F2NO4S/c17-11-2-1-8(4-12(11)18)9-3-10(6-19-5-9)23-16-15(22)14(21)13(20)7-24-16/h1-6,13-16,20-22H,7H2/t13-,14+,15-,16+/m1/s1. The lowest BCUT2D eigenvalue weighted by molar-refractivity contribution is -0.0786. The molecule has 3 rings (SSSR count). The molecule has 0 aliphatic carbocycles. The summed E-state index contributed by atoms with van der Waals surface area (Å²) < 4.78 is 32.0. The molecule has 1 aromatic carbocycles. The lowest BCUT2D eigenvalue weighted by Crippen LogP contribution is -2.50. The van der Waals surface area contributed by atoms with Crippen LogP contribution in [0.2, 0.25) is 0 Å². The molecule has 0 amide bonds. The lowest BCUT2D eigenvalue weighted by Gasteiger charge is -2.34. The second-order valence-electron chi connectivity index (χ2n) is 5.41. The van der Waals surface area contributed by atoms with Crippen molar-refractivity contribution in [1.82, 2.24) is 4.98 Å². The van der Waals surface area contributed by atoms with E-state index in [1.807, 2.05) is 0 Å². The predicted molar refractivity (Wildman–Crippen MR) is 84.5 cm³/mol. The molecular weight excluding hydrogens is 340 g/mol. The molecule has 0 bridgehead atoms. The predicted octanol–water partition coefficient (Wildman–Crippen LogP) is 1.56. The minimum atomic E-state index is -1.29. The van der Waals surface area contributed by atoms with Gasteiger partial charge in [-0.1, -0.05) is 6.07 Å². The molecule has 1 aliphatic rings. The summed E-state index contributed by atoms with van der Waals surface area (Å²) in [5, 5.41) is 29.2. The topological polar surface area (TPSA) is 82.8 Å².